The summed E-state index contributed by atoms with van der Waals surface area (Å²) in [5.74, 6) is 0. The third-order valence-electron chi connectivity index (χ3n) is 6.29. The number of methoxy groups -OCH3 is 1. The summed E-state index contributed by atoms with van der Waals surface area (Å²) in [5.41, 5.74) is 0. The highest BCUT2D eigenvalue weighted by atomic mass is 16.7. The van der Waals surface area contributed by atoms with Crippen LogP contribution < -0.4 is 0 Å². The molecule has 3 heterocycles. The van der Waals surface area contributed by atoms with E-state index in [-0.39, 0.29) is 0 Å². The van der Waals surface area contributed by atoms with Gasteiger partial charge in [0, 0.05) is 7.11 Å². The molecule has 0 spiro atoms. The second kappa shape index (κ2) is 12.3. The van der Waals surface area contributed by atoms with Gasteiger partial charge in [0.1, 0.15) is 73.2 Å². The number of aliphatic hydroxyl groups is 10. The van der Waals surface area contributed by atoms with Crippen molar-refractivity contribution in [2.75, 3.05) is 26.9 Å². The summed E-state index contributed by atoms with van der Waals surface area (Å²) < 4.78 is 31.9. The van der Waals surface area contributed by atoms with Crippen LogP contribution in [-0.4, -0.2) is 170 Å². The molecule has 0 amide bonds. The Labute approximate surface area is 199 Å². The van der Waals surface area contributed by atoms with E-state index in [0.717, 1.165) is 0 Å². The Hall–Kier alpha value is -0.640. The fourth-order valence-electron chi connectivity index (χ4n) is 4.13. The normalized spacial score (nSPS) is 51.3. The number of hydrogen-bond donors (Lipinski definition) is 10. The maximum atomic E-state index is 10.8. The molecule has 0 aromatic heterocycles. The van der Waals surface area contributed by atoms with Crippen LogP contribution in [0.3, 0.4) is 0 Å². The van der Waals surface area contributed by atoms with Gasteiger partial charge in [0.15, 0.2) is 18.9 Å². The van der Waals surface area contributed by atoms with Crippen LogP contribution in [0.15, 0.2) is 0 Å². The van der Waals surface area contributed by atoms with E-state index in [2.05, 4.69) is 0 Å². The Kier molecular flexibility index (Phi) is 10.1. The van der Waals surface area contributed by atoms with Gasteiger partial charge in [-0.1, -0.05) is 0 Å². The van der Waals surface area contributed by atoms with Crippen molar-refractivity contribution in [1.29, 1.82) is 0 Å². The van der Waals surface area contributed by atoms with E-state index in [4.69, 9.17) is 28.4 Å². The zero-order chi connectivity index (χ0) is 26.0. The molecular weight excluding hydrogens is 484 g/mol. The van der Waals surface area contributed by atoms with Crippen LogP contribution in [-0.2, 0) is 28.4 Å². The second-order valence-electron chi connectivity index (χ2n) is 8.59. The standard InChI is InChI=1S/C19H34O16/c1-30-17-15(29)16(35-19-14(28)12(26)9(23)6(3-21)33-19)10(24)7(34-17)4-31-18-13(27)11(25)8(22)5(2-20)32-18/h5-29H,2-4H2,1H3/t5-,6-,7-,8+,9-,10-,11+,12+,13-,14+,15+,16+,17+,18+,19-/m1/s1. The zero-order valence-corrected chi connectivity index (χ0v) is 18.7. The molecule has 16 heteroatoms. The van der Waals surface area contributed by atoms with Gasteiger partial charge in [-0.25, -0.2) is 0 Å². The lowest BCUT2D eigenvalue weighted by Gasteiger charge is -2.46. The molecule has 3 aliphatic heterocycles. The van der Waals surface area contributed by atoms with E-state index in [9.17, 15) is 51.1 Å². The predicted octanol–water partition coefficient (Wildman–Crippen LogP) is -6.92. The number of aliphatic hydroxyl groups excluding tert-OH is 10. The van der Waals surface area contributed by atoms with Gasteiger partial charge in [-0.3, -0.25) is 0 Å². The number of rotatable bonds is 8. The minimum Gasteiger partial charge on any atom is -0.394 e. The molecule has 3 aliphatic rings. The lowest BCUT2D eigenvalue weighted by Crippen LogP contribution is -2.65. The van der Waals surface area contributed by atoms with Crippen molar-refractivity contribution in [3.8, 4) is 0 Å². The monoisotopic (exact) mass is 518 g/mol. The van der Waals surface area contributed by atoms with E-state index < -0.39 is 112 Å². The van der Waals surface area contributed by atoms with Gasteiger partial charge in [0.2, 0.25) is 0 Å². The first-order valence-corrected chi connectivity index (χ1v) is 11.0. The van der Waals surface area contributed by atoms with E-state index in [1.54, 1.807) is 0 Å². The molecule has 0 bridgehead atoms. The average Bonchev–Trinajstić information content (AvgIpc) is 2.85. The van der Waals surface area contributed by atoms with Crippen LogP contribution in [0.2, 0.25) is 0 Å². The van der Waals surface area contributed by atoms with Gasteiger partial charge in [0.25, 0.3) is 0 Å². The van der Waals surface area contributed by atoms with Crippen molar-refractivity contribution in [3.63, 3.8) is 0 Å². The summed E-state index contributed by atoms with van der Waals surface area (Å²) in [4.78, 5) is 0. The SMILES string of the molecule is CO[C@H]1O[C@H](CO[C@H]2O[C@H](CO)[C@H](O)[C@H](O)[C@H]2O)[C@@H](O)[C@H](O[C@H]2O[C@H](CO)[C@@H](O)[C@H](O)[C@@H]2O)[C@@H]1O. The highest BCUT2D eigenvalue weighted by molar-refractivity contribution is 4.95. The summed E-state index contributed by atoms with van der Waals surface area (Å²) in [7, 11) is 1.19. The van der Waals surface area contributed by atoms with Crippen LogP contribution in [0.25, 0.3) is 0 Å². The van der Waals surface area contributed by atoms with E-state index in [1.165, 1.54) is 7.11 Å². The summed E-state index contributed by atoms with van der Waals surface area (Å²) in [6, 6.07) is 0. The molecule has 3 rings (SSSR count). The van der Waals surface area contributed by atoms with Gasteiger partial charge in [-0.2, -0.15) is 0 Å². The average molecular weight is 518 g/mol. The van der Waals surface area contributed by atoms with E-state index in [0.29, 0.717) is 0 Å². The molecule has 3 saturated heterocycles. The third kappa shape index (κ3) is 5.93. The van der Waals surface area contributed by atoms with Crippen LogP contribution >= 0.6 is 0 Å². The van der Waals surface area contributed by atoms with Crippen molar-refractivity contribution in [3.05, 3.63) is 0 Å². The van der Waals surface area contributed by atoms with E-state index >= 15 is 0 Å². The van der Waals surface area contributed by atoms with Gasteiger partial charge in [0.05, 0.1) is 19.8 Å². The van der Waals surface area contributed by atoms with Gasteiger partial charge in [-0.15, -0.1) is 0 Å². The summed E-state index contributed by atoms with van der Waals surface area (Å²) in [6.07, 6.45) is -23.5. The van der Waals surface area contributed by atoms with Crippen molar-refractivity contribution in [2.45, 2.75) is 92.1 Å². The Balaban J connectivity index is 1.69. The Bertz CT molecular complexity index is 652. The first-order valence-electron chi connectivity index (χ1n) is 11.0. The summed E-state index contributed by atoms with van der Waals surface area (Å²) in [6.45, 7) is -1.93. The molecule has 3 fully saturated rings. The molecule has 0 aromatic carbocycles. The van der Waals surface area contributed by atoms with Crippen LogP contribution in [0.4, 0.5) is 0 Å². The van der Waals surface area contributed by atoms with Crippen molar-refractivity contribution in [1.82, 2.24) is 0 Å². The molecule has 0 unspecified atom stereocenters. The molecule has 0 aliphatic carbocycles. The summed E-state index contributed by atoms with van der Waals surface area (Å²) in [5, 5.41) is 99.9. The van der Waals surface area contributed by atoms with Crippen LogP contribution in [0.5, 0.6) is 0 Å². The van der Waals surface area contributed by atoms with Crippen LogP contribution in [0, 0.1) is 0 Å². The quantitative estimate of drug-likeness (QED) is 0.143. The zero-order valence-electron chi connectivity index (χ0n) is 18.7. The first-order chi connectivity index (χ1) is 16.5. The molecule has 0 radical (unpaired) electrons. The van der Waals surface area contributed by atoms with Gasteiger partial charge in [-0.05, 0) is 0 Å². The first kappa shape index (κ1) is 28.9. The number of hydrogen-bond acceptors (Lipinski definition) is 16. The van der Waals surface area contributed by atoms with Gasteiger partial charge < -0.3 is 79.5 Å². The minimum absolute atomic E-state index is 0.523. The largest absolute Gasteiger partial charge is 0.394 e. The lowest BCUT2D eigenvalue weighted by atomic mass is 9.97. The molecule has 206 valence electrons. The summed E-state index contributed by atoms with van der Waals surface area (Å²) >= 11 is 0. The van der Waals surface area contributed by atoms with Crippen molar-refractivity contribution >= 4 is 0 Å². The van der Waals surface area contributed by atoms with Gasteiger partial charge >= 0.3 is 0 Å². The van der Waals surface area contributed by atoms with Crippen LogP contribution in [0.1, 0.15) is 0 Å². The highest BCUT2D eigenvalue weighted by Crippen LogP contribution is 2.30. The fraction of sp³-hybridized carbons (Fsp3) is 1.00. The lowest BCUT2D eigenvalue weighted by molar-refractivity contribution is -0.364. The Morgan fingerprint density at radius 1 is 0.543 bits per heavy atom. The molecule has 0 aromatic rings. The van der Waals surface area contributed by atoms with Crippen molar-refractivity contribution in [2.24, 2.45) is 0 Å². The predicted molar refractivity (Wildman–Crippen MR) is 106 cm³/mol. The second-order valence-corrected chi connectivity index (χ2v) is 8.59. The topological polar surface area (TPSA) is 258 Å². The molecule has 0 saturated carbocycles. The Morgan fingerprint density at radius 2 is 1.03 bits per heavy atom. The smallest absolute Gasteiger partial charge is 0.187 e. The minimum atomic E-state index is -1.81. The molecule has 35 heavy (non-hydrogen) atoms. The molecule has 10 N–H and O–H groups in total. The third-order valence-corrected chi connectivity index (χ3v) is 6.29. The van der Waals surface area contributed by atoms with Crippen molar-refractivity contribution < 1.29 is 79.5 Å². The fourth-order valence-corrected chi connectivity index (χ4v) is 4.13. The molecule has 15 atom stereocenters. The maximum Gasteiger partial charge on any atom is 0.187 e. The molecule has 16 nitrogen and oxygen atoms in total. The Morgan fingerprint density at radius 3 is 1.54 bits per heavy atom. The molecular formula is C19H34O16. The maximum absolute atomic E-state index is 10.8. The van der Waals surface area contributed by atoms with E-state index in [1.807, 2.05) is 0 Å². The number of ether oxygens (including phenoxy) is 6. The highest BCUT2D eigenvalue weighted by Gasteiger charge is 2.51.